The summed E-state index contributed by atoms with van der Waals surface area (Å²) in [7, 11) is 0. The molecule has 124 valence electrons. The molecule has 0 aliphatic carbocycles. The first kappa shape index (κ1) is 19.2. The molecule has 4 nitrogen and oxygen atoms in total. The molecule has 1 aromatic carbocycles. The Morgan fingerprint density at radius 1 is 1.41 bits per heavy atom. The summed E-state index contributed by atoms with van der Waals surface area (Å²) in [6, 6.07) is 7.54. The molecule has 1 heterocycles. The van der Waals surface area contributed by atoms with Gasteiger partial charge in [0.2, 0.25) is 5.91 Å². The fraction of sp³-hybridized carbons (Fsp3) is 0.562. The van der Waals surface area contributed by atoms with Crippen LogP contribution < -0.4 is 11.1 Å². The van der Waals surface area contributed by atoms with Crippen LogP contribution in [0.1, 0.15) is 31.4 Å². The Kier molecular flexibility index (Phi) is 8.18. The number of carbonyl (C=O) groups excluding carboxylic acids is 1. The first-order valence-electron chi connectivity index (χ1n) is 7.56. The number of nitrogens with one attached hydrogen (secondary N) is 1. The van der Waals surface area contributed by atoms with E-state index in [9.17, 15) is 4.79 Å². The Balaban J connectivity index is 0.00000242. The summed E-state index contributed by atoms with van der Waals surface area (Å²) in [4.78, 5) is 14.3. The normalized spacial score (nSPS) is 17.6. The molecule has 0 aromatic heterocycles. The number of likely N-dealkylation sites (tertiary alicyclic amines) is 1. The van der Waals surface area contributed by atoms with Gasteiger partial charge in [0.05, 0.1) is 12.6 Å². The van der Waals surface area contributed by atoms with Crippen LogP contribution >= 0.6 is 24.0 Å². The minimum atomic E-state index is -0.0761. The van der Waals surface area contributed by atoms with Crippen molar-refractivity contribution in [2.24, 2.45) is 11.7 Å². The van der Waals surface area contributed by atoms with Crippen LogP contribution in [0, 0.1) is 5.92 Å². The highest BCUT2D eigenvalue weighted by Gasteiger charge is 2.20. The molecule has 22 heavy (non-hydrogen) atoms. The van der Waals surface area contributed by atoms with Gasteiger partial charge in [0, 0.05) is 5.02 Å². The van der Waals surface area contributed by atoms with Crippen LogP contribution in [0.25, 0.3) is 0 Å². The molecule has 1 saturated heterocycles. The summed E-state index contributed by atoms with van der Waals surface area (Å²) in [5, 5.41) is 3.71. The van der Waals surface area contributed by atoms with Crippen LogP contribution in [0.4, 0.5) is 0 Å². The number of amides is 1. The molecule has 1 fully saturated rings. The summed E-state index contributed by atoms with van der Waals surface area (Å²) in [6.45, 7) is 5.07. The lowest BCUT2D eigenvalue weighted by Crippen LogP contribution is -2.43. The summed E-state index contributed by atoms with van der Waals surface area (Å²) >= 11 is 6.15. The average molecular weight is 346 g/mol. The van der Waals surface area contributed by atoms with Gasteiger partial charge in [0.25, 0.3) is 0 Å². The number of rotatable bonds is 5. The molecule has 0 saturated carbocycles. The molecule has 1 amide bonds. The minimum absolute atomic E-state index is 0. The van der Waals surface area contributed by atoms with Gasteiger partial charge in [-0.1, -0.05) is 29.8 Å². The maximum atomic E-state index is 12.1. The van der Waals surface area contributed by atoms with E-state index in [1.165, 1.54) is 0 Å². The molecule has 1 aromatic rings. The van der Waals surface area contributed by atoms with E-state index < -0.39 is 0 Å². The second-order valence-electron chi connectivity index (χ2n) is 5.77. The number of carbonyl (C=O) groups is 1. The Labute approximate surface area is 143 Å². The SMILES string of the molecule is CC(NC(=O)CN1CCC(CN)CC1)c1ccccc1Cl.Cl. The number of hydrogen-bond donors (Lipinski definition) is 2. The molecule has 0 bridgehead atoms. The number of hydrogen-bond acceptors (Lipinski definition) is 3. The Hall–Kier alpha value is -0.810. The maximum Gasteiger partial charge on any atom is 0.234 e. The lowest BCUT2D eigenvalue weighted by Gasteiger charge is -2.31. The van der Waals surface area contributed by atoms with Crippen molar-refractivity contribution in [1.29, 1.82) is 0 Å². The van der Waals surface area contributed by atoms with Gasteiger partial charge in [-0.15, -0.1) is 12.4 Å². The van der Waals surface area contributed by atoms with Crippen molar-refractivity contribution in [3.63, 3.8) is 0 Å². The zero-order chi connectivity index (χ0) is 15.2. The third-order valence-electron chi connectivity index (χ3n) is 4.16. The first-order valence-corrected chi connectivity index (χ1v) is 7.94. The number of nitrogens with two attached hydrogens (primary N) is 1. The van der Waals surface area contributed by atoms with Crippen molar-refractivity contribution >= 4 is 29.9 Å². The molecule has 2 rings (SSSR count). The number of nitrogens with zero attached hydrogens (tertiary/aromatic N) is 1. The van der Waals surface area contributed by atoms with Crippen molar-refractivity contribution in [2.45, 2.75) is 25.8 Å². The molecule has 0 radical (unpaired) electrons. The molecule has 1 unspecified atom stereocenters. The summed E-state index contributed by atoms with van der Waals surface area (Å²) in [5.41, 5.74) is 6.64. The van der Waals surface area contributed by atoms with Crippen molar-refractivity contribution in [2.75, 3.05) is 26.2 Å². The second kappa shape index (κ2) is 9.36. The minimum Gasteiger partial charge on any atom is -0.348 e. The number of piperidine rings is 1. The van der Waals surface area contributed by atoms with Gasteiger partial charge in [-0.05, 0) is 56.9 Å². The smallest absolute Gasteiger partial charge is 0.234 e. The molecular formula is C16H25Cl2N3O. The standard InChI is InChI=1S/C16H24ClN3O.ClH/c1-12(14-4-2-3-5-15(14)17)19-16(21)11-20-8-6-13(10-18)7-9-20;/h2-5,12-13H,6-11,18H2,1H3,(H,19,21);1H. The monoisotopic (exact) mass is 345 g/mol. The molecule has 0 spiro atoms. The molecule has 1 atom stereocenters. The van der Waals surface area contributed by atoms with E-state index in [-0.39, 0.29) is 24.4 Å². The third-order valence-corrected chi connectivity index (χ3v) is 4.50. The lowest BCUT2D eigenvalue weighted by molar-refractivity contribution is -0.123. The molecule has 1 aliphatic heterocycles. The van der Waals surface area contributed by atoms with Crippen LogP contribution in [-0.4, -0.2) is 37.0 Å². The summed E-state index contributed by atoms with van der Waals surface area (Å²) in [6.07, 6.45) is 2.17. The van der Waals surface area contributed by atoms with Gasteiger partial charge in [-0.2, -0.15) is 0 Å². The number of halogens is 2. The van der Waals surface area contributed by atoms with E-state index in [4.69, 9.17) is 17.3 Å². The van der Waals surface area contributed by atoms with E-state index in [2.05, 4.69) is 10.2 Å². The average Bonchev–Trinajstić information content (AvgIpc) is 2.48. The Morgan fingerprint density at radius 3 is 2.64 bits per heavy atom. The zero-order valence-electron chi connectivity index (χ0n) is 12.9. The van der Waals surface area contributed by atoms with E-state index in [0.717, 1.165) is 38.0 Å². The van der Waals surface area contributed by atoms with Gasteiger partial charge < -0.3 is 11.1 Å². The van der Waals surface area contributed by atoms with Crippen molar-refractivity contribution < 1.29 is 4.79 Å². The quantitative estimate of drug-likeness (QED) is 0.862. The van der Waals surface area contributed by atoms with E-state index >= 15 is 0 Å². The highest BCUT2D eigenvalue weighted by molar-refractivity contribution is 6.31. The fourth-order valence-corrected chi connectivity index (χ4v) is 3.07. The predicted octanol–water partition coefficient (Wildman–Crippen LogP) is 2.61. The van der Waals surface area contributed by atoms with Gasteiger partial charge >= 0.3 is 0 Å². The maximum absolute atomic E-state index is 12.1. The van der Waals surface area contributed by atoms with Crippen LogP contribution in [0.2, 0.25) is 5.02 Å². The Morgan fingerprint density at radius 2 is 2.05 bits per heavy atom. The first-order chi connectivity index (χ1) is 10.1. The highest BCUT2D eigenvalue weighted by Crippen LogP contribution is 2.22. The predicted molar refractivity (Wildman–Crippen MR) is 93.5 cm³/mol. The summed E-state index contributed by atoms with van der Waals surface area (Å²) < 4.78 is 0. The van der Waals surface area contributed by atoms with E-state index in [1.807, 2.05) is 31.2 Å². The van der Waals surface area contributed by atoms with Crippen LogP contribution in [0.15, 0.2) is 24.3 Å². The lowest BCUT2D eigenvalue weighted by atomic mass is 9.97. The zero-order valence-corrected chi connectivity index (χ0v) is 14.5. The Bertz CT molecular complexity index is 476. The van der Waals surface area contributed by atoms with Gasteiger partial charge in [-0.25, -0.2) is 0 Å². The van der Waals surface area contributed by atoms with Gasteiger partial charge in [0.1, 0.15) is 0 Å². The highest BCUT2D eigenvalue weighted by atomic mass is 35.5. The van der Waals surface area contributed by atoms with Crippen LogP contribution in [0.3, 0.4) is 0 Å². The molecular weight excluding hydrogens is 321 g/mol. The largest absolute Gasteiger partial charge is 0.348 e. The second-order valence-corrected chi connectivity index (χ2v) is 6.17. The number of benzene rings is 1. The van der Waals surface area contributed by atoms with Gasteiger partial charge in [0.15, 0.2) is 0 Å². The fourth-order valence-electron chi connectivity index (χ4n) is 2.77. The van der Waals surface area contributed by atoms with Crippen molar-refractivity contribution in [3.05, 3.63) is 34.9 Å². The van der Waals surface area contributed by atoms with Gasteiger partial charge in [-0.3, -0.25) is 9.69 Å². The van der Waals surface area contributed by atoms with Crippen LogP contribution in [0.5, 0.6) is 0 Å². The summed E-state index contributed by atoms with van der Waals surface area (Å²) in [5.74, 6) is 0.667. The van der Waals surface area contributed by atoms with Crippen molar-refractivity contribution in [1.82, 2.24) is 10.2 Å². The third kappa shape index (κ3) is 5.43. The van der Waals surface area contributed by atoms with E-state index in [1.54, 1.807) is 0 Å². The van der Waals surface area contributed by atoms with E-state index in [0.29, 0.717) is 17.5 Å². The molecule has 1 aliphatic rings. The van der Waals surface area contributed by atoms with Crippen molar-refractivity contribution in [3.8, 4) is 0 Å². The molecule has 6 heteroatoms. The molecule has 3 N–H and O–H groups in total. The topological polar surface area (TPSA) is 58.4 Å². The van der Waals surface area contributed by atoms with Crippen LogP contribution in [-0.2, 0) is 4.79 Å².